The molecule has 7 nitrogen and oxygen atoms in total. The summed E-state index contributed by atoms with van der Waals surface area (Å²) in [5, 5.41) is 0.496. The minimum atomic E-state index is -0.842. The third kappa shape index (κ3) is 2.85. The quantitative estimate of drug-likeness (QED) is 0.774. The average molecular weight is 357 g/mol. The van der Waals surface area contributed by atoms with Crippen molar-refractivity contribution in [1.29, 1.82) is 0 Å². The number of rotatable bonds is 3. The van der Waals surface area contributed by atoms with Gasteiger partial charge in [0.1, 0.15) is 17.8 Å². The summed E-state index contributed by atoms with van der Waals surface area (Å²) in [6.45, 7) is 2.09. The van der Waals surface area contributed by atoms with Crippen molar-refractivity contribution in [3.8, 4) is 11.5 Å². The number of fused-ring (bicyclic) bond motifs is 2. The Kier molecular flexibility index (Phi) is 3.89. The second-order valence-electron chi connectivity index (χ2n) is 5.55. The first-order valence-corrected chi connectivity index (χ1v) is 8.67. The Morgan fingerprint density at radius 1 is 1.40 bits per heavy atom. The maximum atomic E-state index is 12.5. The first-order chi connectivity index (χ1) is 12.2. The first kappa shape index (κ1) is 15.6. The lowest BCUT2D eigenvalue weighted by atomic mass is 10.2. The summed E-state index contributed by atoms with van der Waals surface area (Å²) in [6.07, 6.45) is 1.31. The summed E-state index contributed by atoms with van der Waals surface area (Å²) in [6, 6.07) is 8.94. The predicted octanol–water partition coefficient (Wildman–Crippen LogP) is 1.93. The van der Waals surface area contributed by atoms with Crippen LogP contribution in [0.15, 0.2) is 41.5 Å². The number of benzene rings is 1. The number of aryl methyl sites for hydroxylation is 1. The molecule has 128 valence electrons. The van der Waals surface area contributed by atoms with E-state index < -0.39 is 12.0 Å². The fourth-order valence-electron chi connectivity index (χ4n) is 2.57. The van der Waals surface area contributed by atoms with Crippen LogP contribution >= 0.6 is 11.3 Å². The molecule has 1 aliphatic heterocycles. The summed E-state index contributed by atoms with van der Waals surface area (Å²) in [7, 11) is 0. The third-order valence-corrected chi connectivity index (χ3v) is 5.07. The molecule has 0 radical (unpaired) electrons. The van der Waals surface area contributed by atoms with Gasteiger partial charge < -0.3 is 9.47 Å². The normalized spacial score (nSPS) is 16.0. The van der Waals surface area contributed by atoms with E-state index in [1.807, 2.05) is 19.1 Å². The van der Waals surface area contributed by atoms with Crippen LogP contribution in [0.4, 0.5) is 0 Å². The summed E-state index contributed by atoms with van der Waals surface area (Å²) < 4.78 is 12.3. The van der Waals surface area contributed by atoms with Crippen LogP contribution in [0.5, 0.6) is 11.5 Å². The fraction of sp³-hybridized carbons (Fsp3) is 0.235. The zero-order valence-electron chi connectivity index (χ0n) is 13.4. The number of carbonyl (C=O) groups excluding carboxylic acids is 1. The number of thiophene rings is 1. The molecule has 1 aliphatic rings. The summed E-state index contributed by atoms with van der Waals surface area (Å²) >= 11 is 1.48. The number of hydrogen-bond donors (Lipinski definition) is 1. The average Bonchev–Trinajstić information content (AvgIpc) is 3.08. The molecule has 0 bridgehead atoms. The van der Waals surface area contributed by atoms with Gasteiger partial charge in [-0.25, -0.2) is 9.66 Å². The molecule has 0 saturated heterocycles. The zero-order chi connectivity index (χ0) is 17.4. The topological polar surface area (TPSA) is 82.5 Å². The summed E-state index contributed by atoms with van der Waals surface area (Å²) in [4.78, 5) is 30.9. The van der Waals surface area contributed by atoms with Crippen molar-refractivity contribution in [2.45, 2.75) is 19.4 Å². The van der Waals surface area contributed by atoms with Crippen molar-refractivity contribution in [2.75, 3.05) is 12.0 Å². The van der Waals surface area contributed by atoms with E-state index in [4.69, 9.17) is 9.47 Å². The minimum absolute atomic E-state index is 0.0751. The molecule has 8 heteroatoms. The Hall–Kier alpha value is -2.87. The van der Waals surface area contributed by atoms with Crippen molar-refractivity contribution in [3.05, 3.63) is 51.9 Å². The Bertz CT molecular complexity index is 1010. The van der Waals surface area contributed by atoms with Gasteiger partial charge in [-0.15, -0.1) is 11.3 Å². The lowest BCUT2D eigenvalue weighted by Gasteiger charge is -2.25. The number of nitrogens with zero attached hydrogens (tertiary/aromatic N) is 2. The van der Waals surface area contributed by atoms with Gasteiger partial charge in [-0.1, -0.05) is 19.1 Å². The number of aromatic nitrogens is 2. The van der Waals surface area contributed by atoms with Crippen LogP contribution in [0.25, 0.3) is 10.2 Å². The molecular formula is C17H15N3O4S. The van der Waals surface area contributed by atoms with Gasteiger partial charge in [-0.3, -0.25) is 15.0 Å². The van der Waals surface area contributed by atoms with Crippen molar-refractivity contribution < 1.29 is 14.3 Å². The smallest absolute Gasteiger partial charge is 0.283 e. The number of nitrogens with one attached hydrogen (secondary N) is 1. The second kappa shape index (κ2) is 6.21. The summed E-state index contributed by atoms with van der Waals surface area (Å²) in [5.74, 6) is 0.626. The highest BCUT2D eigenvalue weighted by atomic mass is 32.1. The van der Waals surface area contributed by atoms with Crippen molar-refractivity contribution in [3.63, 3.8) is 0 Å². The van der Waals surface area contributed by atoms with Crippen LogP contribution < -0.4 is 20.5 Å². The van der Waals surface area contributed by atoms with E-state index in [0.717, 1.165) is 16.0 Å². The largest absolute Gasteiger partial charge is 0.485 e. The lowest BCUT2D eigenvalue weighted by Crippen LogP contribution is -2.45. The minimum Gasteiger partial charge on any atom is -0.485 e. The monoisotopic (exact) mass is 357 g/mol. The highest BCUT2D eigenvalue weighted by Gasteiger charge is 2.27. The standard InChI is InChI=1S/C17H15N3O4S/c1-2-10-7-11-16(25-10)18-9-20(17(11)22)19-15(21)14-8-23-12-5-3-4-6-13(12)24-14/h3-7,9,14H,2,8H2,1H3,(H,19,21)/t14-/m1/s1. The predicted molar refractivity (Wildman–Crippen MR) is 94.0 cm³/mol. The van der Waals surface area contributed by atoms with Crippen LogP contribution in [0.1, 0.15) is 11.8 Å². The maximum Gasteiger partial charge on any atom is 0.283 e. The zero-order valence-corrected chi connectivity index (χ0v) is 14.2. The van der Waals surface area contributed by atoms with Gasteiger partial charge in [-0.2, -0.15) is 0 Å². The van der Waals surface area contributed by atoms with Crippen LogP contribution in [0, 0.1) is 0 Å². The van der Waals surface area contributed by atoms with Crippen LogP contribution in [0.3, 0.4) is 0 Å². The molecule has 3 heterocycles. The van der Waals surface area contributed by atoms with Gasteiger partial charge in [0, 0.05) is 4.88 Å². The molecule has 0 aliphatic carbocycles. The van der Waals surface area contributed by atoms with E-state index in [0.29, 0.717) is 21.7 Å². The van der Waals surface area contributed by atoms with E-state index in [2.05, 4.69) is 10.4 Å². The van der Waals surface area contributed by atoms with E-state index in [1.54, 1.807) is 18.2 Å². The number of carbonyl (C=O) groups is 1. The third-order valence-electron chi connectivity index (χ3n) is 3.88. The van der Waals surface area contributed by atoms with Gasteiger partial charge in [0.05, 0.1) is 5.39 Å². The van der Waals surface area contributed by atoms with Gasteiger partial charge in [0.25, 0.3) is 11.5 Å². The molecule has 1 atom stereocenters. The highest BCUT2D eigenvalue weighted by Crippen LogP contribution is 2.30. The molecule has 1 amide bonds. The number of amides is 1. The Labute approximate surface area is 146 Å². The Balaban J connectivity index is 1.56. The Morgan fingerprint density at radius 2 is 2.20 bits per heavy atom. The van der Waals surface area contributed by atoms with Gasteiger partial charge in [0.2, 0.25) is 6.10 Å². The van der Waals surface area contributed by atoms with Crippen LogP contribution in [-0.4, -0.2) is 28.3 Å². The number of para-hydroxylation sites is 2. The molecule has 4 rings (SSSR count). The molecule has 1 aromatic carbocycles. The van der Waals surface area contributed by atoms with Crippen molar-refractivity contribution in [2.24, 2.45) is 0 Å². The molecule has 0 saturated carbocycles. The molecule has 0 fully saturated rings. The molecule has 2 aromatic heterocycles. The molecule has 0 spiro atoms. The van der Waals surface area contributed by atoms with Gasteiger partial charge in [0.15, 0.2) is 11.5 Å². The fourth-order valence-corrected chi connectivity index (χ4v) is 3.49. The lowest BCUT2D eigenvalue weighted by molar-refractivity contribution is -0.126. The molecule has 25 heavy (non-hydrogen) atoms. The SMILES string of the molecule is CCc1cc2c(=O)n(NC(=O)[C@H]3COc4ccccc4O3)cnc2s1. The maximum absolute atomic E-state index is 12.5. The van der Waals surface area contributed by atoms with E-state index in [1.165, 1.54) is 17.7 Å². The van der Waals surface area contributed by atoms with Gasteiger partial charge in [-0.05, 0) is 24.6 Å². The first-order valence-electron chi connectivity index (χ1n) is 7.85. The van der Waals surface area contributed by atoms with Crippen LogP contribution in [0.2, 0.25) is 0 Å². The molecule has 1 N–H and O–H groups in total. The summed E-state index contributed by atoms with van der Waals surface area (Å²) in [5.41, 5.74) is 2.22. The highest BCUT2D eigenvalue weighted by molar-refractivity contribution is 7.18. The Morgan fingerprint density at radius 3 is 3.00 bits per heavy atom. The van der Waals surface area contributed by atoms with Gasteiger partial charge >= 0.3 is 0 Å². The molecule has 3 aromatic rings. The van der Waals surface area contributed by atoms with E-state index in [9.17, 15) is 9.59 Å². The van der Waals surface area contributed by atoms with Crippen LogP contribution in [-0.2, 0) is 11.2 Å². The van der Waals surface area contributed by atoms with E-state index in [-0.39, 0.29) is 12.2 Å². The molecular weight excluding hydrogens is 342 g/mol. The second-order valence-corrected chi connectivity index (χ2v) is 6.66. The van der Waals surface area contributed by atoms with Crippen molar-refractivity contribution >= 4 is 27.5 Å². The van der Waals surface area contributed by atoms with Crippen molar-refractivity contribution in [1.82, 2.24) is 9.66 Å². The number of ether oxygens (including phenoxy) is 2. The molecule has 0 unspecified atom stereocenters. The number of hydrogen-bond acceptors (Lipinski definition) is 6. The van der Waals surface area contributed by atoms with E-state index >= 15 is 0 Å².